The van der Waals surface area contributed by atoms with E-state index in [1.54, 1.807) is 10.8 Å². The largest absolute Gasteiger partial charge is 0.506 e. The first-order valence-corrected chi connectivity index (χ1v) is 10.7. The molecule has 1 aliphatic rings. The van der Waals surface area contributed by atoms with Crippen LogP contribution in [-0.4, -0.2) is 45.5 Å². The predicted octanol–water partition coefficient (Wildman–Crippen LogP) is 3.10. The number of H-pyrrole nitrogens is 1. The molecule has 1 amide bonds. The molecule has 0 spiro atoms. The number of carbonyl (C=O) groups excluding carboxylic acids is 1. The number of rotatable bonds is 4. The molecule has 0 radical (unpaired) electrons. The van der Waals surface area contributed by atoms with Gasteiger partial charge in [0.15, 0.2) is 0 Å². The fourth-order valence-electron chi connectivity index (χ4n) is 3.12. The maximum atomic E-state index is 12.5. The van der Waals surface area contributed by atoms with Crippen LogP contribution in [0.3, 0.4) is 0 Å². The highest BCUT2D eigenvalue weighted by Crippen LogP contribution is 2.28. The number of aromatic nitrogens is 1. The van der Waals surface area contributed by atoms with Gasteiger partial charge in [-0.05, 0) is 17.7 Å². The fourth-order valence-corrected chi connectivity index (χ4v) is 4.86. The smallest absolute Gasteiger partial charge is 0.265 e. The van der Waals surface area contributed by atoms with Crippen molar-refractivity contribution in [1.29, 1.82) is 0 Å². The Balaban J connectivity index is 1.49. The summed E-state index contributed by atoms with van der Waals surface area (Å²) < 4.78 is 0. The second-order valence-electron chi connectivity index (χ2n) is 6.42. The Morgan fingerprint density at radius 3 is 2.67 bits per heavy atom. The molecule has 3 N–H and O–H groups in total. The van der Waals surface area contributed by atoms with Gasteiger partial charge in [0.25, 0.3) is 11.5 Å². The van der Waals surface area contributed by atoms with Gasteiger partial charge in [0.05, 0.1) is 10.9 Å². The standard InChI is InChI=1S/C19H19N3O3S2/c23-17-14-10-27-11-15(14)21-19(25)16(17)18(24)20-13-3-1-12(2-4-13)9-22-5-7-26-8-6-22/h1-4,10-11,23H,5-9H2,(H,20,24)(H,21,25). The quantitative estimate of drug-likeness (QED) is 0.626. The molecule has 1 fully saturated rings. The zero-order valence-corrected chi connectivity index (χ0v) is 16.2. The molecule has 8 heteroatoms. The zero-order chi connectivity index (χ0) is 18.8. The molecule has 0 bridgehead atoms. The SMILES string of the molecule is O=C(Nc1ccc(CN2CCSCC2)cc1)c1c(O)c2cscc2[nH]c1=O. The van der Waals surface area contributed by atoms with Crippen LogP contribution in [0.4, 0.5) is 5.69 Å². The van der Waals surface area contributed by atoms with Crippen LogP contribution in [0.5, 0.6) is 5.75 Å². The van der Waals surface area contributed by atoms with Gasteiger partial charge in [0.1, 0.15) is 11.3 Å². The van der Waals surface area contributed by atoms with Crippen LogP contribution in [0.15, 0.2) is 39.8 Å². The van der Waals surface area contributed by atoms with Gasteiger partial charge in [0, 0.05) is 47.6 Å². The molecule has 0 aliphatic carbocycles. The number of thiophene rings is 1. The minimum Gasteiger partial charge on any atom is -0.506 e. The molecule has 2 aromatic heterocycles. The lowest BCUT2D eigenvalue weighted by molar-refractivity contribution is 0.102. The molecule has 0 unspecified atom stereocenters. The summed E-state index contributed by atoms with van der Waals surface area (Å²) in [6.07, 6.45) is 0. The van der Waals surface area contributed by atoms with E-state index in [9.17, 15) is 14.7 Å². The summed E-state index contributed by atoms with van der Waals surface area (Å²) in [6.45, 7) is 3.08. The second-order valence-corrected chi connectivity index (χ2v) is 8.38. The van der Waals surface area contributed by atoms with Crippen LogP contribution in [0, 0.1) is 0 Å². The number of aromatic hydroxyl groups is 1. The lowest BCUT2D eigenvalue weighted by Crippen LogP contribution is -2.31. The summed E-state index contributed by atoms with van der Waals surface area (Å²) in [7, 11) is 0. The Kier molecular flexibility index (Phi) is 5.20. The van der Waals surface area contributed by atoms with Crippen molar-refractivity contribution in [2.75, 3.05) is 29.9 Å². The third kappa shape index (κ3) is 3.87. The first-order chi connectivity index (χ1) is 13.1. The van der Waals surface area contributed by atoms with E-state index >= 15 is 0 Å². The molecule has 3 heterocycles. The average molecular weight is 402 g/mol. The number of aromatic amines is 1. The minimum atomic E-state index is -0.623. The minimum absolute atomic E-state index is 0.268. The molecule has 140 valence electrons. The number of amides is 1. The Morgan fingerprint density at radius 2 is 1.93 bits per heavy atom. The van der Waals surface area contributed by atoms with E-state index in [2.05, 4.69) is 15.2 Å². The van der Waals surface area contributed by atoms with E-state index in [0.717, 1.165) is 19.6 Å². The molecule has 6 nitrogen and oxygen atoms in total. The number of hydrogen-bond acceptors (Lipinski definition) is 6. The highest BCUT2D eigenvalue weighted by Gasteiger charge is 2.20. The highest BCUT2D eigenvalue weighted by atomic mass is 32.2. The molecule has 3 aromatic rings. The Morgan fingerprint density at radius 1 is 1.19 bits per heavy atom. The number of hydrogen-bond donors (Lipinski definition) is 3. The number of carbonyl (C=O) groups is 1. The summed E-state index contributed by atoms with van der Waals surface area (Å²) >= 11 is 3.33. The number of nitrogens with zero attached hydrogens (tertiary/aromatic N) is 1. The third-order valence-corrected chi connectivity index (χ3v) is 6.26. The monoisotopic (exact) mass is 401 g/mol. The second kappa shape index (κ2) is 7.75. The van der Waals surface area contributed by atoms with Crippen molar-refractivity contribution in [2.24, 2.45) is 0 Å². The van der Waals surface area contributed by atoms with E-state index in [1.807, 2.05) is 36.0 Å². The van der Waals surface area contributed by atoms with E-state index in [0.29, 0.717) is 16.6 Å². The van der Waals surface area contributed by atoms with Crippen LogP contribution in [-0.2, 0) is 6.54 Å². The van der Waals surface area contributed by atoms with Crippen molar-refractivity contribution < 1.29 is 9.90 Å². The fraction of sp³-hybridized carbons (Fsp3) is 0.263. The number of nitrogens with one attached hydrogen (secondary N) is 2. The van der Waals surface area contributed by atoms with Crippen molar-refractivity contribution >= 4 is 45.6 Å². The van der Waals surface area contributed by atoms with E-state index in [1.165, 1.54) is 28.4 Å². The van der Waals surface area contributed by atoms with Crippen LogP contribution in [0.2, 0.25) is 0 Å². The number of anilines is 1. The van der Waals surface area contributed by atoms with E-state index in [-0.39, 0.29) is 11.3 Å². The maximum absolute atomic E-state index is 12.5. The molecule has 27 heavy (non-hydrogen) atoms. The molecule has 0 atom stereocenters. The Bertz CT molecular complexity index is 1020. The third-order valence-electron chi connectivity index (χ3n) is 4.58. The molecular weight excluding hydrogens is 382 g/mol. The number of fused-ring (bicyclic) bond motifs is 1. The maximum Gasteiger partial charge on any atom is 0.265 e. The summed E-state index contributed by atoms with van der Waals surface area (Å²) in [5, 5.41) is 16.9. The van der Waals surface area contributed by atoms with Crippen LogP contribution in [0.1, 0.15) is 15.9 Å². The van der Waals surface area contributed by atoms with Gasteiger partial charge in [-0.1, -0.05) is 12.1 Å². The van der Waals surface area contributed by atoms with Crippen molar-refractivity contribution in [2.45, 2.75) is 6.54 Å². The topological polar surface area (TPSA) is 85.4 Å². The first-order valence-electron chi connectivity index (χ1n) is 8.63. The van der Waals surface area contributed by atoms with Gasteiger partial charge >= 0.3 is 0 Å². The van der Waals surface area contributed by atoms with Gasteiger partial charge in [0.2, 0.25) is 0 Å². The van der Waals surface area contributed by atoms with Gasteiger partial charge in [-0.15, -0.1) is 11.3 Å². The summed E-state index contributed by atoms with van der Waals surface area (Å²) in [5.74, 6) is 1.43. The van der Waals surface area contributed by atoms with Crippen LogP contribution >= 0.6 is 23.1 Å². The van der Waals surface area contributed by atoms with E-state index in [4.69, 9.17) is 0 Å². The predicted molar refractivity (Wildman–Crippen MR) is 111 cm³/mol. The number of thioether (sulfide) groups is 1. The molecular formula is C19H19N3O3S2. The van der Waals surface area contributed by atoms with Crippen molar-refractivity contribution in [3.8, 4) is 5.75 Å². The molecule has 1 aliphatic heterocycles. The lowest BCUT2D eigenvalue weighted by atomic mass is 10.1. The van der Waals surface area contributed by atoms with Gasteiger partial charge in [-0.3, -0.25) is 14.5 Å². The van der Waals surface area contributed by atoms with E-state index < -0.39 is 11.5 Å². The van der Waals surface area contributed by atoms with Crippen LogP contribution < -0.4 is 10.9 Å². The molecule has 4 rings (SSSR count). The van der Waals surface area contributed by atoms with Crippen LogP contribution in [0.25, 0.3) is 10.9 Å². The van der Waals surface area contributed by atoms with Gasteiger partial charge < -0.3 is 15.4 Å². The molecule has 1 aromatic carbocycles. The van der Waals surface area contributed by atoms with Crippen molar-refractivity contribution in [3.63, 3.8) is 0 Å². The number of pyridine rings is 1. The van der Waals surface area contributed by atoms with Gasteiger partial charge in [-0.25, -0.2) is 0 Å². The van der Waals surface area contributed by atoms with Crippen molar-refractivity contribution in [1.82, 2.24) is 9.88 Å². The van der Waals surface area contributed by atoms with Gasteiger partial charge in [-0.2, -0.15) is 11.8 Å². The summed E-state index contributed by atoms with van der Waals surface area (Å²) in [4.78, 5) is 29.7. The normalized spacial score (nSPS) is 15.1. The lowest BCUT2D eigenvalue weighted by Gasteiger charge is -2.26. The Hall–Kier alpha value is -2.29. The molecule has 1 saturated heterocycles. The Labute approximate surface area is 164 Å². The number of benzene rings is 1. The summed E-state index contributed by atoms with van der Waals surface area (Å²) in [5.41, 5.74) is 1.42. The molecule has 0 saturated carbocycles. The highest BCUT2D eigenvalue weighted by molar-refractivity contribution is 7.99. The van der Waals surface area contributed by atoms with Crippen molar-refractivity contribution in [3.05, 3.63) is 56.5 Å². The summed E-state index contributed by atoms with van der Waals surface area (Å²) in [6, 6.07) is 7.59. The average Bonchev–Trinajstić information content (AvgIpc) is 3.13. The zero-order valence-electron chi connectivity index (χ0n) is 14.5. The first kappa shape index (κ1) is 18.1.